The second-order valence-corrected chi connectivity index (χ2v) is 6.79. The molecule has 0 aliphatic rings. The van der Waals surface area contributed by atoms with Gasteiger partial charge in [-0.3, -0.25) is 4.79 Å². The van der Waals surface area contributed by atoms with Gasteiger partial charge in [0.2, 0.25) is 5.91 Å². The van der Waals surface area contributed by atoms with E-state index in [9.17, 15) is 9.90 Å². The van der Waals surface area contributed by atoms with E-state index >= 15 is 0 Å². The van der Waals surface area contributed by atoms with Gasteiger partial charge in [0, 0.05) is 23.8 Å². The Kier molecular flexibility index (Phi) is 6.12. The number of anilines is 1. The first-order valence-electron chi connectivity index (χ1n) is 8.18. The number of hydrogen-bond donors (Lipinski definition) is 3. The lowest BCUT2D eigenvalue weighted by molar-refractivity contribution is -0.115. The maximum atomic E-state index is 12.2. The maximum Gasteiger partial charge on any atom is 0.238 e. The zero-order valence-electron chi connectivity index (χ0n) is 14.5. The van der Waals surface area contributed by atoms with Crippen molar-refractivity contribution in [2.45, 2.75) is 26.8 Å². The standard InChI is InChI=1S/C20H26N2O2/c1-15-8-7-11-17(12-15)22-18(24)13-21-19(20(2,3)14-23)16-9-5-4-6-10-16/h4-12,19,21,23H,13-14H2,1-3H3,(H,22,24). The van der Waals surface area contributed by atoms with Gasteiger partial charge in [0.1, 0.15) is 0 Å². The Labute approximate surface area is 143 Å². The SMILES string of the molecule is Cc1cccc(NC(=O)CNC(c2ccccc2)C(C)(C)CO)c1. The van der Waals surface area contributed by atoms with Gasteiger partial charge < -0.3 is 15.7 Å². The van der Waals surface area contributed by atoms with Gasteiger partial charge in [-0.25, -0.2) is 0 Å². The highest BCUT2D eigenvalue weighted by Gasteiger charge is 2.30. The van der Waals surface area contributed by atoms with E-state index in [2.05, 4.69) is 10.6 Å². The van der Waals surface area contributed by atoms with E-state index in [4.69, 9.17) is 0 Å². The van der Waals surface area contributed by atoms with Crippen molar-refractivity contribution in [3.05, 3.63) is 65.7 Å². The molecule has 0 radical (unpaired) electrons. The molecule has 1 atom stereocenters. The zero-order chi connectivity index (χ0) is 17.6. The van der Waals surface area contributed by atoms with E-state index in [-0.39, 0.29) is 30.5 Å². The second kappa shape index (κ2) is 8.08. The van der Waals surface area contributed by atoms with Crippen molar-refractivity contribution in [2.75, 3.05) is 18.5 Å². The monoisotopic (exact) mass is 326 g/mol. The Morgan fingerprint density at radius 2 is 1.83 bits per heavy atom. The average molecular weight is 326 g/mol. The van der Waals surface area contributed by atoms with Gasteiger partial charge in [-0.05, 0) is 30.2 Å². The Bertz CT molecular complexity index is 668. The van der Waals surface area contributed by atoms with E-state index < -0.39 is 0 Å². The summed E-state index contributed by atoms with van der Waals surface area (Å²) in [5, 5.41) is 15.9. The highest BCUT2D eigenvalue weighted by Crippen LogP contribution is 2.32. The van der Waals surface area contributed by atoms with E-state index in [0.717, 1.165) is 16.8 Å². The van der Waals surface area contributed by atoms with Crippen LogP contribution in [0.15, 0.2) is 54.6 Å². The van der Waals surface area contributed by atoms with E-state index in [1.807, 2.05) is 75.4 Å². The number of benzene rings is 2. The molecule has 24 heavy (non-hydrogen) atoms. The number of aryl methyl sites for hydroxylation is 1. The van der Waals surface area contributed by atoms with Gasteiger partial charge in [0.15, 0.2) is 0 Å². The largest absolute Gasteiger partial charge is 0.396 e. The molecule has 128 valence electrons. The molecular weight excluding hydrogens is 300 g/mol. The molecule has 0 bridgehead atoms. The van der Waals surface area contributed by atoms with Crippen LogP contribution >= 0.6 is 0 Å². The zero-order valence-corrected chi connectivity index (χ0v) is 14.5. The molecule has 2 aromatic carbocycles. The molecule has 0 saturated carbocycles. The van der Waals surface area contributed by atoms with Crippen LogP contribution in [0.2, 0.25) is 0 Å². The van der Waals surface area contributed by atoms with Crippen LogP contribution in [0.3, 0.4) is 0 Å². The predicted molar refractivity (Wildman–Crippen MR) is 97.9 cm³/mol. The summed E-state index contributed by atoms with van der Waals surface area (Å²) >= 11 is 0. The minimum absolute atomic E-state index is 0.0268. The Morgan fingerprint density at radius 1 is 1.12 bits per heavy atom. The molecule has 3 N–H and O–H groups in total. The lowest BCUT2D eigenvalue weighted by Gasteiger charge is -2.33. The Morgan fingerprint density at radius 3 is 2.46 bits per heavy atom. The normalized spacial score (nSPS) is 12.7. The van der Waals surface area contributed by atoms with E-state index in [0.29, 0.717) is 0 Å². The van der Waals surface area contributed by atoms with Crippen molar-refractivity contribution in [3.8, 4) is 0 Å². The van der Waals surface area contributed by atoms with Crippen LogP contribution in [0.5, 0.6) is 0 Å². The molecule has 0 saturated heterocycles. The fourth-order valence-electron chi connectivity index (χ4n) is 2.70. The van der Waals surface area contributed by atoms with Crippen LogP contribution in [0.1, 0.15) is 31.0 Å². The molecule has 1 unspecified atom stereocenters. The van der Waals surface area contributed by atoms with Crippen LogP contribution < -0.4 is 10.6 Å². The lowest BCUT2D eigenvalue weighted by Crippen LogP contribution is -2.40. The number of rotatable bonds is 7. The van der Waals surface area contributed by atoms with Gasteiger partial charge in [-0.15, -0.1) is 0 Å². The summed E-state index contributed by atoms with van der Waals surface area (Å²) < 4.78 is 0. The summed E-state index contributed by atoms with van der Waals surface area (Å²) in [6.45, 7) is 6.16. The highest BCUT2D eigenvalue weighted by atomic mass is 16.3. The molecule has 0 fully saturated rings. The summed E-state index contributed by atoms with van der Waals surface area (Å²) in [6.07, 6.45) is 0. The van der Waals surface area contributed by atoms with E-state index in [1.54, 1.807) is 0 Å². The van der Waals surface area contributed by atoms with Crippen molar-refractivity contribution >= 4 is 11.6 Å². The third kappa shape index (κ3) is 4.91. The van der Waals surface area contributed by atoms with Crippen molar-refractivity contribution < 1.29 is 9.90 Å². The van der Waals surface area contributed by atoms with Crippen LogP contribution in [-0.4, -0.2) is 24.2 Å². The van der Waals surface area contributed by atoms with Crippen LogP contribution in [0.4, 0.5) is 5.69 Å². The molecule has 0 spiro atoms. The maximum absolute atomic E-state index is 12.2. The van der Waals surface area contributed by atoms with Crippen molar-refractivity contribution in [3.63, 3.8) is 0 Å². The summed E-state index contributed by atoms with van der Waals surface area (Å²) in [5.41, 5.74) is 2.56. The number of aliphatic hydroxyl groups excluding tert-OH is 1. The molecule has 4 heteroatoms. The van der Waals surface area contributed by atoms with Gasteiger partial charge in [-0.2, -0.15) is 0 Å². The van der Waals surface area contributed by atoms with Crippen molar-refractivity contribution in [2.24, 2.45) is 5.41 Å². The van der Waals surface area contributed by atoms with Crippen molar-refractivity contribution in [1.29, 1.82) is 0 Å². The summed E-state index contributed by atoms with van der Waals surface area (Å²) in [6, 6.07) is 17.5. The summed E-state index contributed by atoms with van der Waals surface area (Å²) in [5.74, 6) is -0.102. The Balaban J connectivity index is 2.04. The third-order valence-corrected chi connectivity index (χ3v) is 4.09. The van der Waals surface area contributed by atoms with Gasteiger partial charge >= 0.3 is 0 Å². The predicted octanol–water partition coefficient (Wildman–Crippen LogP) is 3.28. The van der Waals surface area contributed by atoms with Crippen molar-refractivity contribution in [1.82, 2.24) is 5.32 Å². The van der Waals surface area contributed by atoms with E-state index in [1.165, 1.54) is 0 Å². The minimum Gasteiger partial charge on any atom is -0.396 e. The molecule has 0 aliphatic heterocycles. The molecule has 0 aliphatic carbocycles. The van der Waals surface area contributed by atoms with Crippen LogP contribution in [-0.2, 0) is 4.79 Å². The van der Waals surface area contributed by atoms with Gasteiger partial charge in [0.05, 0.1) is 6.54 Å². The smallest absolute Gasteiger partial charge is 0.238 e. The van der Waals surface area contributed by atoms with Crippen LogP contribution in [0, 0.1) is 12.3 Å². The van der Waals surface area contributed by atoms with Gasteiger partial charge in [0.25, 0.3) is 0 Å². The minimum atomic E-state index is -0.384. The second-order valence-electron chi connectivity index (χ2n) is 6.79. The fourth-order valence-corrected chi connectivity index (χ4v) is 2.70. The molecule has 0 aromatic heterocycles. The number of hydrogen-bond acceptors (Lipinski definition) is 3. The fraction of sp³-hybridized carbons (Fsp3) is 0.350. The summed E-state index contributed by atoms with van der Waals surface area (Å²) in [7, 11) is 0. The molecule has 1 amide bonds. The highest BCUT2D eigenvalue weighted by molar-refractivity contribution is 5.92. The molecule has 2 rings (SSSR count). The number of aliphatic hydroxyl groups is 1. The molecule has 2 aromatic rings. The summed E-state index contributed by atoms with van der Waals surface area (Å²) in [4.78, 5) is 12.2. The quantitative estimate of drug-likeness (QED) is 0.732. The number of carbonyl (C=O) groups excluding carboxylic acids is 1. The number of carbonyl (C=O) groups is 1. The first-order valence-corrected chi connectivity index (χ1v) is 8.18. The van der Waals surface area contributed by atoms with Gasteiger partial charge in [-0.1, -0.05) is 56.3 Å². The molecule has 0 heterocycles. The molecular formula is C20H26N2O2. The number of nitrogens with one attached hydrogen (secondary N) is 2. The first-order chi connectivity index (χ1) is 11.4. The Hall–Kier alpha value is -2.17. The average Bonchev–Trinajstić information content (AvgIpc) is 2.56. The van der Waals surface area contributed by atoms with Crippen LogP contribution in [0.25, 0.3) is 0 Å². The number of amides is 1. The topological polar surface area (TPSA) is 61.4 Å². The third-order valence-electron chi connectivity index (χ3n) is 4.09. The molecule has 4 nitrogen and oxygen atoms in total. The lowest BCUT2D eigenvalue weighted by atomic mass is 9.81. The first kappa shape index (κ1) is 18.2.